The van der Waals surface area contributed by atoms with Crippen molar-refractivity contribution < 1.29 is 13.9 Å². The van der Waals surface area contributed by atoms with Crippen LogP contribution in [0.25, 0.3) is 0 Å². The molecule has 1 aromatic rings. The third kappa shape index (κ3) is 2.03. The highest BCUT2D eigenvalue weighted by molar-refractivity contribution is 5.11. The smallest absolute Gasteiger partial charge is 0.129 e. The Morgan fingerprint density at radius 1 is 1.42 bits per heavy atom. The van der Waals surface area contributed by atoms with E-state index in [1.165, 1.54) is 6.42 Å². The van der Waals surface area contributed by atoms with E-state index >= 15 is 0 Å². The maximum Gasteiger partial charge on any atom is 0.129 e. The van der Waals surface area contributed by atoms with Crippen LogP contribution in [-0.2, 0) is 16.1 Å². The minimum absolute atomic E-state index is 0.0455. The van der Waals surface area contributed by atoms with Crippen molar-refractivity contribution in [1.82, 2.24) is 0 Å². The quantitative estimate of drug-likeness (QED) is 0.807. The summed E-state index contributed by atoms with van der Waals surface area (Å²) in [6, 6.07) is 3.87. The first-order valence-corrected chi connectivity index (χ1v) is 7.44. The molecule has 0 unspecified atom stereocenters. The van der Waals surface area contributed by atoms with Gasteiger partial charge in [0, 0.05) is 6.42 Å². The predicted octanol–water partition coefficient (Wildman–Crippen LogP) is 3.92. The first-order valence-electron chi connectivity index (χ1n) is 7.44. The van der Waals surface area contributed by atoms with Gasteiger partial charge < -0.3 is 13.9 Å². The Hall–Kier alpha value is -0.800. The minimum atomic E-state index is -0.0587. The molecule has 3 atom stereocenters. The van der Waals surface area contributed by atoms with Gasteiger partial charge in [-0.25, -0.2) is 0 Å². The van der Waals surface area contributed by atoms with Gasteiger partial charge in [0.25, 0.3) is 0 Å². The van der Waals surface area contributed by atoms with Crippen molar-refractivity contribution in [1.29, 1.82) is 0 Å². The van der Waals surface area contributed by atoms with Crippen molar-refractivity contribution in [3.63, 3.8) is 0 Å². The van der Waals surface area contributed by atoms with Crippen LogP contribution in [-0.4, -0.2) is 17.3 Å². The van der Waals surface area contributed by atoms with Gasteiger partial charge in [-0.3, -0.25) is 0 Å². The van der Waals surface area contributed by atoms with Gasteiger partial charge in [-0.05, 0) is 37.3 Å². The summed E-state index contributed by atoms with van der Waals surface area (Å²) >= 11 is 0. The van der Waals surface area contributed by atoms with Gasteiger partial charge in [-0.15, -0.1) is 0 Å². The van der Waals surface area contributed by atoms with Crippen molar-refractivity contribution in [2.24, 2.45) is 5.92 Å². The number of hydrogen-bond acceptors (Lipinski definition) is 3. The molecule has 3 nitrogen and oxygen atoms in total. The van der Waals surface area contributed by atoms with Gasteiger partial charge in [0.05, 0.1) is 23.6 Å². The second-order valence-electron chi connectivity index (χ2n) is 6.32. The van der Waals surface area contributed by atoms with Crippen LogP contribution in [0.4, 0.5) is 0 Å². The summed E-state index contributed by atoms with van der Waals surface area (Å²) in [5.41, 5.74) is -0.0132. The van der Waals surface area contributed by atoms with Crippen LogP contribution in [0.5, 0.6) is 0 Å². The van der Waals surface area contributed by atoms with E-state index < -0.39 is 0 Å². The molecule has 2 fully saturated rings. The third-order valence-electron chi connectivity index (χ3n) is 5.15. The molecule has 3 heteroatoms. The summed E-state index contributed by atoms with van der Waals surface area (Å²) < 4.78 is 18.0. The van der Waals surface area contributed by atoms with Gasteiger partial charge in [-0.1, -0.05) is 20.8 Å². The Bertz CT molecular complexity index is 425. The fourth-order valence-corrected chi connectivity index (χ4v) is 3.71. The molecule has 3 rings (SSSR count). The summed E-state index contributed by atoms with van der Waals surface area (Å²) in [5, 5.41) is 0. The molecule has 0 radical (unpaired) electrons. The van der Waals surface area contributed by atoms with Gasteiger partial charge in [0.15, 0.2) is 0 Å². The van der Waals surface area contributed by atoms with Crippen molar-refractivity contribution in [3.8, 4) is 0 Å². The molecule has 0 spiro atoms. The number of ether oxygens (including phenoxy) is 2. The first kappa shape index (κ1) is 13.2. The second kappa shape index (κ2) is 4.64. The highest BCUT2D eigenvalue weighted by atomic mass is 16.6. The SMILES string of the molecule is CC[C@@]12CC[C@@](C(C)C)(C[C@@H]1OCc1ccco1)O2. The summed E-state index contributed by atoms with van der Waals surface area (Å²) in [7, 11) is 0. The molecule has 2 saturated heterocycles. The molecule has 106 valence electrons. The molecule has 0 aliphatic carbocycles. The number of rotatable bonds is 5. The number of fused-ring (bicyclic) bond motifs is 2. The Morgan fingerprint density at radius 3 is 2.89 bits per heavy atom. The second-order valence-corrected chi connectivity index (χ2v) is 6.32. The van der Waals surface area contributed by atoms with E-state index in [2.05, 4.69) is 20.8 Å². The van der Waals surface area contributed by atoms with E-state index in [-0.39, 0.29) is 17.3 Å². The van der Waals surface area contributed by atoms with Crippen LogP contribution in [0, 0.1) is 5.92 Å². The van der Waals surface area contributed by atoms with Crippen molar-refractivity contribution in [3.05, 3.63) is 24.2 Å². The molecule has 2 bridgehead atoms. The van der Waals surface area contributed by atoms with Crippen molar-refractivity contribution in [2.75, 3.05) is 0 Å². The predicted molar refractivity (Wildman–Crippen MR) is 72.8 cm³/mol. The van der Waals surface area contributed by atoms with Crippen LogP contribution in [0.2, 0.25) is 0 Å². The maximum absolute atomic E-state index is 6.49. The minimum Gasteiger partial charge on any atom is -0.467 e. The molecule has 0 aromatic carbocycles. The molecule has 19 heavy (non-hydrogen) atoms. The van der Waals surface area contributed by atoms with Gasteiger partial charge in [-0.2, -0.15) is 0 Å². The van der Waals surface area contributed by atoms with Crippen LogP contribution in [0.1, 0.15) is 52.2 Å². The van der Waals surface area contributed by atoms with E-state index in [1.54, 1.807) is 6.26 Å². The van der Waals surface area contributed by atoms with Crippen molar-refractivity contribution >= 4 is 0 Å². The lowest BCUT2D eigenvalue weighted by Crippen LogP contribution is -2.40. The van der Waals surface area contributed by atoms with Crippen LogP contribution in [0.3, 0.4) is 0 Å². The number of furan rings is 1. The fourth-order valence-electron chi connectivity index (χ4n) is 3.71. The molecule has 0 amide bonds. The van der Waals surface area contributed by atoms with E-state index in [0.717, 1.165) is 25.0 Å². The van der Waals surface area contributed by atoms with E-state index in [1.807, 2.05) is 12.1 Å². The monoisotopic (exact) mass is 264 g/mol. The highest BCUT2D eigenvalue weighted by Gasteiger charge is 2.62. The average molecular weight is 264 g/mol. The first-order chi connectivity index (χ1) is 9.10. The lowest BCUT2D eigenvalue weighted by molar-refractivity contribution is -0.110. The van der Waals surface area contributed by atoms with E-state index in [0.29, 0.717) is 12.5 Å². The van der Waals surface area contributed by atoms with E-state index in [4.69, 9.17) is 13.9 Å². The fraction of sp³-hybridized carbons (Fsp3) is 0.750. The zero-order chi connectivity index (χ0) is 13.5. The normalized spacial score (nSPS) is 37.4. The zero-order valence-electron chi connectivity index (χ0n) is 12.1. The standard InChI is InChI=1S/C16H24O3/c1-4-15-7-8-16(19-15,12(2)3)10-14(15)18-11-13-6-5-9-17-13/h5-6,9,12,14H,4,7-8,10-11H2,1-3H3/t14-,15+,16-/m0/s1. The molecule has 2 aliphatic heterocycles. The van der Waals surface area contributed by atoms with Gasteiger partial charge >= 0.3 is 0 Å². The van der Waals surface area contributed by atoms with Crippen molar-refractivity contribution in [2.45, 2.75) is 70.4 Å². The average Bonchev–Trinajstić information content (AvgIpc) is 3.10. The number of hydrogen-bond donors (Lipinski definition) is 0. The van der Waals surface area contributed by atoms with Crippen LogP contribution >= 0.6 is 0 Å². The van der Waals surface area contributed by atoms with Crippen LogP contribution < -0.4 is 0 Å². The molecule has 2 aliphatic rings. The topological polar surface area (TPSA) is 31.6 Å². The summed E-state index contributed by atoms with van der Waals surface area (Å²) in [5.74, 6) is 1.45. The lowest BCUT2D eigenvalue weighted by Gasteiger charge is -2.32. The molecular weight excluding hydrogens is 240 g/mol. The summed E-state index contributed by atoms with van der Waals surface area (Å²) in [4.78, 5) is 0. The Morgan fingerprint density at radius 2 is 2.26 bits per heavy atom. The summed E-state index contributed by atoms with van der Waals surface area (Å²) in [6.45, 7) is 7.29. The molecule has 0 saturated carbocycles. The largest absolute Gasteiger partial charge is 0.467 e. The maximum atomic E-state index is 6.49. The Labute approximate surface area is 115 Å². The molecular formula is C16H24O3. The third-order valence-corrected chi connectivity index (χ3v) is 5.15. The lowest BCUT2D eigenvalue weighted by atomic mass is 9.74. The molecule has 0 N–H and O–H groups in total. The van der Waals surface area contributed by atoms with Gasteiger partial charge in [0.1, 0.15) is 12.4 Å². The van der Waals surface area contributed by atoms with E-state index in [9.17, 15) is 0 Å². The molecule has 3 heterocycles. The van der Waals surface area contributed by atoms with Gasteiger partial charge in [0.2, 0.25) is 0 Å². The zero-order valence-corrected chi connectivity index (χ0v) is 12.1. The molecule has 1 aromatic heterocycles. The highest BCUT2D eigenvalue weighted by Crippen LogP contribution is 2.56. The van der Waals surface area contributed by atoms with Crippen LogP contribution in [0.15, 0.2) is 22.8 Å². The Balaban J connectivity index is 1.72. The summed E-state index contributed by atoms with van der Waals surface area (Å²) in [6.07, 6.45) is 6.27. The Kier molecular flexibility index (Phi) is 3.22.